The summed E-state index contributed by atoms with van der Waals surface area (Å²) in [6.45, 7) is 4.46. The van der Waals surface area contributed by atoms with Gasteiger partial charge in [-0.05, 0) is 43.4 Å². The topological polar surface area (TPSA) is 49.9 Å². The van der Waals surface area contributed by atoms with Gasteiger partial charge >= 0.3 is 0 Å². The fourth-order valence-corrected chi connectivity index (χ4v) is 5.24. The molecule has 4 rings (SSSR count). The third-order valence-electron chi connectivity index (χ3n) is 7.02. The highest BCUT2D eigenvalue weighted by Crippen LogP contribution is 2.34. The molecule has 2 fully saturated rings. The first-order valence-electron chi connectivity index (χ1n) is 11.9. The first kappa shape index (κ1) is 22.4. The third-order valence-corrected chi connectivity index (χ3v) is 7.02. The van der Waals surface area contributed by atoms with Crippen LogP contribution in [0.2, 0.25) is 0 Å². The Balaban J connectivity index is 1.62. The van der Waals surface area contributed by atoms with Crippen LogP contribution in [-0.2, 0) is 16.0 Å². The van der Waals surface area contributed by atoms with E-state index >= 15 is 0 Å². The van der Waals surface area contributed by atoms with E-state index in [9.17, 15) is 9.59 Å². The van der Waals surface area contributed by atoms with Gasteiger partial charge in [0.25, 0.3) is 0 Å². The molecule has 32 heavy (non-hydrogen) atoms. The van der Waals surface area contributed by atoms with Crippen LogP contribution in [0.25, 0.3) is 11.1 Å². The quantitative estimate of drug-likeness (QED) is 0.677. The van der Waals surface area contributed by atoms with Crippen molar-refractivity contribution in [3.63, 3.8) is 0 Å². The Labute approximate surface area is 191 Å². The molecule has 1 aliphatic carbocycles. The standard InChI is InChI=1S/C27H34N2O3/c1-3-28-16-17-29(26(30)20-10-4-5-11-20)19-22(27(28)31)18-21-12-6-7-13-23(21)24-14-8-9-15-25(24)32-2/h6-9,12-15,20,22H,3-5,10-11,16-19H2,1-2H3. The van der Waals surface area contributed by atoms with E-state index in [1.165, 1.54) is 0 Å². The van der Waals surface area contributed by atoms with Crippen LogP contribution < -0.4 is 4.74 Å². The number of hydrogen-bond acceptors (Lipinski definition) is 3. The third kappa shape index (κ3) is 4.67. The molecule has 170 valence electrons. The van der Waals surface area contributed by atoms with E-state index in [4.69, 9.17) is 4.74 Å². The molecule has 1 saturated heterocycles. The SMILES string of the molecule is CCN1CCN(C(=O)C2CCCC2)CC(Cc2ccccc2-c2ccccc2OC)C1=O. The number of methoxy groups -OCH3 is 1. The van der Waals surface area contributed by atoms with E-state index in [2.05, 4.69) is 18.2 Å². The van der Waals surface area contributed by atoms with Crippen LogP contribution in [0.1, 0.15) is 38.2 Å². The van der Waals surface area contributed by atoms with Gasteiger partial charge in [0.05, 0.1) is 13.0 Å². The first-order valence-corrected chi connectivity index (χ1v) is 11.9. The highest BCUT2D eigenvalue weighted by Gasteiger charge is 2.35. The van der Waals surface area contributed by atoms with E-state index in [1.807, 2.05) is 47.1 Å². The Kier molecular flexibility index (Phi) is 7.13. The summed E-state index contributed by atoms with van der Waals surface area (Å²) in [7, 11) is 1.68. The predicted octanol–water partition coefficient (Wildman–Crippen LogP) is 4.40. The molecule has 0 spiro atoms. The average molecular weight is 435 g/mol. The highest BCUT2D eigenvalue weighted by molar-refractivity contribution is 5.84. The van der Waals surface area contributed by atoms with Crippen LogP contribution in [0.4, 0.5) is 0 Å². The summed E-state index contributed by atoms with van der Waals surface area (Å²) < 4.78 is 5.60. The summed E-state index contributed by atoms with van der Waals surface area (Å²) in [6.07, 6.45) is 4.86. The molecule has 1 unspecified atom stereocenters. The minimum Gasteiger partial charge on any atom is -0.496 e. The lowest BCUT2D eigenvalue weighted by Crippen LogP contribution is -2.40. The van der Waals surface area contributed by atoms with Crippen LogP contribution >= 0.6 is 0 Å². The molecule has 1 saturated carbocycles. The second-order valence-electron chi connectivity index (χ2n) is 8.94. The van der Waals surface area contributed by atoms with Gasteiger partial charge in [-0.3, -0.25) is 9.59 Å². The van der Waals surface area contributed by atoms with Gasteiger partial charge < -0.3 is 14.5 Å². The van der Waals surface area contributed by atoms with Crippen molar-refractivity contribution in [3.05, 3.63) is 54.1 Å². The number of nitrogens with zero attached hydrogens (tertiary/aromatic N) is 2. The molecule has 1 aliphatic heterocycles. The maximum absolute atomic E-state index is 13.4. The van der Waals surface area contributed by atoms with Gasteiger partial charge in [-0.1, -0.05) is 55.3 Å². The van der Waals surface area contributed by atoms with E-state index in [1.54, 1.807) is 7.11 Å². The minimum absolute atomic E-state index is 0.139. The summed E-state index contributed by atoms with van der Waals surface area (Å²) in [5.74, 6) is 1.12. The molecule has 0 bridgehead atoms. The van der Waals surface area contributed by atoms with Crippen molar-refractivity contribution in [2.24, 2.45) is 11.8 Å². The highest BCUT2D eigenvalue weighted by atomic mass is 16.5. The smallest absolute Gasteiger partial charge is 0.227 e. The summed E-state index contributed by atoms with van der Waals surface area (Å²) in [5, 5.41) is 0. The Morgan fingerprint density at radius 3 is 2.41 bits per heavy atom. The Hall–Kier alpha value is -2.82. The van der Waals surface area contributed by atoms with Gasteiger partial charge in [0.15, 0.2) is 0 Å². The molecule has 0 aromatic heterocycles. The number of likely N-dealkylation sites (N-methyl/N-ethyl adjacent to an activating group) is 1. The maximum Gasteiger partial charge on any atom is 0.227 e. The molecule has 0 N–H and O–H groups in total. The van der Waals surface area contributed by atoms with Crippen molar-refractivity contribution in [1.29, 1.82) is 0 Å². The number of rotatable bonds is 6. The van der Waals surface area contributed by atoms with Gasteiger partial charge in [0, 0.05) is 37.7 Å². The fraction of sp³-hybridized carbons (Fsp3) is 0.481. The second-order valence-corrected chi connectivity index (χ2v) is 8.94. The predicted molar refractivity (Wildman–Crippen MR) is 126 cm³/mol. The largest absolute Gasteiger partial charge is 0.496 e. The number of hydrogen-bond donors (Lipinski definition) is 0. The minimum atomic E-state index is -0.237. The summed E-state index contributed by atoms with van der Waals surface area (Å²) in [4.78, 5) is 30.5. The average Bonchev–Trinajstić information content (AvgIpc) is 3.32. The Morgan fingerprint density at radius 2 is 1.69 bits per heavy atom. The zero-order chi connectivity index (χ0) is 22.5. The molecule has 2 aliphatic rings. The number of para-hydroxylation sites is 1. The second kappa shape index (κ2) is 10.2. The van der Waals surface area contributed by atoms with Gasteiger partial charge in [-0.2, -0.15) is 0 Å². The molecule has 2 amide bonds. The van der Waals surface area contributed by atoms with Gasteiger partial charge in [-0.25, -0.2) is 0 Å². The molecule has 5 nitrogen and oxygen atoms in total. The zero-order valence-electron chi connectivity index (χ0n) is 19.3. The van der Waals surface area contributed by atoms with Crippen LogP contribution in [-0.4, -0.2) is 54.9 Å². The van der Waals surface area contributed by atoms with Gasteiger partial charge in [0.1, 0.15) is 5.75 Å². The van der Waals surface area contributed by atoms with Crippen LogP contribution in [0.5, 0.6) is 5.75 Å². The van der Waals surface area contributed by atoms with E-state index < -0.39 is 0 Å². The van der Waals surface area contributed by atoms with E-state index in [0.29, 0.717) is 32.6 Å². The van der Waals surface area contributed by atoms with Crippen molar-refractivity contribution in [2.75, 3.05) is 33.3 Å². The van der Waals surface area contributed by atoms with Crippen molar-refractivity contribution < 1.29 is 14.3 Å². The molecule has 0 radical (unpaired) electrons. The molecule has 2 aromatic rings. The molecule has 2 aromatic carbocycles. The molecule has 5 heteroatoms. The first-order chi connectivity index (χ1) is 15.6. The van der Waals surface area contributed by atoms with E-state index in [-0.39, 0.29) is 23.7 Å². The molecular formula is C27H34N2O3. The number of carbonyl (C=O) groups is 2. The van der Waals surface area contributed by atoms with Crippen molar-refractivity contribution in [2.45, 2.75) is 39.0 Å². The number of carbonyl (C=O) groups excluding carboxylic acids is 2. The lowest BCUT2D eigenvalue weighted by molar-refractivity contribution is -0.136. The molecule has 1 heterocycles. The lowest BCUT2D eigenvalue weighted by Gasteiger charge is -2.26. The van der Waals surface area contributed by atoms with E-state index in [0.717, 1.165) is 48.1 Å². The number of benzene rings is 2. The van der Waals surface area contributed by atoms with Crippen LogP contribution in [0.15, 0.2) is 48.5 Å². The van der Waals surface area contributed by atoms with Crippen molar-refractivity contribution >= 4 is 11.8 Å². The van der Waals surface area contributed by atoms with Gasteiger partial charge in [0.2, 0.25) is 11.8 Å². The Morgan fingerprint density at radius 1 is 1.00 bits per heavy atom. The zero-order valence-corrected chi connectivity index (χ0v) is 19.3. The maximum atomic E-state index is 13.4. The van der Waals surface area contributed by atoms with Crippen molar-refractivity contribution in [3.8, 4) is 16.9 Å². The van der Waals surface area contributed by atoms with Crippen LogP contribution in [0.3, 0.4) is 0 Å². The monoisotopic (exact) mass is 434 g/mol. The lowest BCUT2D eigenvalue weighted by atomic mass is 9.90. The van der Waals surface area contributed by atoms with Crippen LogP contribution in [0, 0.1) is 11.8 Å². The fourth-order valence-electron chi connectivity index (χ4n) is 5.24. The number of ether oxygens (including phenoxy) is 1. The number of amides is 2. The molecule has 1 atom stereocenters. The van der Waals surface area contributed by atoms with Gasteiger partial charge in [-0.15, -0.1) is 0 Å². The van der Waals surface area contributed by atoms with Crippen molar-refractivity contribution in [1.82, 2.24) is 9.80 Å². The molecular weight excluding hydrogens is 400 g/mol. The Bertz CT molecular complexity index is 951. The summed E-state index contributed by atoms with van der Waals surface area (Å²) >= 11 is 0. The summed E-state index contributed by atoms with van der Waals surface area (Å²) in [6, 6.07) is 16.2. The normalized spacial score (nSPS) is 19.8. The summed E-state index contributed by atoms with van der Waals surface area (Å²) in [5.41, 5.74) is 3.22.